The van der Waals surface area contributed by atoms with Crippen LogP contribution in [0.15, 0.2) is 46.5 Å². The van der Waals surface area contributed by atoms with Gasteiger partial charge in [0.25, 0.3) is 5.91 Å². The summed E-state index contributed by atoms with van der Waals surface area (Å²) in [5.41, 5.74) is 9.31. The molecule has 37 heavy (non-hydrogen) atoms. The van der Waals surface area contributed by atoms with Gasteiger partial charge in [0.05, 0.1) is 28.5 Å². The maximum Gasteiger partial charge on any atom is 0.263 e. The Labute approximate surface area is 230 Å². The Hall–Kier alpha value is -2.34. The van der Waals surface area contributed by atoms with E-state index in [1.165, 1.54) is 24.6 Å². The number of rotatable bonds is 10. The molecule has 2 unspecified atom stereocenters. The van der Waals surface area contributed by atoms with Crippen LogP contribution in [0.2, 0.25) is 0 Å². The Kier molecular flexibility index (Phi) is 8.53. The van der Waals surface area contributed by atoms with Crippen molar-refractivity contribution >= 4 is 62.8 Å². The molecule has 4 heterocycles. The second-order valence-corrected chi connectivity index (χ2v) is 12.7. The lowest BCUT2D eigenvalue weighted by Gasteiger charge is -2.28. The molecule has 2 aliphatic rings. The number of aliphatic imine (C=N–C) groups is 1. The molecule has 1 fully saturated rings. The predicted molar refractivity (Wildman–Crippen MR) is 158 cm³/mol. The zero-order valence-electron chi connectivity index (χ0n) is 21.0. The van der Waals surface area contributed by atoms with Gasteiger partial charge in [-0.25, -0.2) is 4.98 Å². The number of fused-ring (bicyclic) bond motifs is 1. The highest BCUT2D eigenvalue weighted by Crippen LogP contribution is 2.35. The summed E-state index contributed by atoms with van der Waals surface area (Å²) in [5.74, 6) is 3.35. The molecule has 1 amide bonds. The summed E-state index contributed by atoms with van der Waals surface area (Å²) in [6.07, 6.45) is 0.772. The first-order valence-corrected chi connectivity index (χ1v) is 15.5. The van der Waals surface area contributed by atoms with Crippen molar-refractivity contribution in [2.45, 2.75) is 23.3 Å². The molecule has 196 valence electrons. The quantitative estimate of drug-likeness (QED) is 0.319. The van der Waals surface area contributed by atoms with Crippen LogP contribution in [0.1, 0.15) is 24.3 Å². The van der Waals surface area contributed by atoms with E-state index in [1.807, 2.05) is 48.8 Å². The molecule has 0 aliphatic carbocycles. The third-order valence-corrected chi connectivity index (χ3v) is 9.30. The van der Waals surface area contributed by atoms with Crippen molar-refractivity contribution in [3.05, 3.63) is 47.8 Å². The van der Waals surface area contributed by atoms with Gasteiger partial charge in [0.1, 0.15) is 10.8 Å². The second kappa shape index (κ2) is 12.0. The molecule has 5 rings (SSSR count). The molecular weight excluding hydrogens is 525 g/mol. The van der Waals surface area contributed by atoms with Crippen LogP contribution < -0.4 is 15.8 Å². The predicted octanol–water partition coefficient (Wildman–Crippen LogP) is 4.23. The number of thioether (sulfide) groups is 3. The molecule has 3 aromatic rings. The SMILES string of the molecule is CCSc1cc(C(Oc2cc(NC)c3[nH]c(C4=NCC(CN5CCSCC5)S4)cc3c2)C(N)=O)ccn1. The molecule has 8 nitrogen and oxygen atoms in total. The largest absolute Gasteiger partial charge is 0.476 e. The number of pyridine rings is 1. The van der Waals surface area contributed by atoms with Gasteiger partial charge in [0.15, 0.2) is 0 Å². The van der Waals surface area contributed by atoms with Crippen LogP contribution in [0.5, 0.6) is 5.75 Å². The van der Waals surface area contributed by atoms with E-state index in [0.717, 1.165) is 51.2 Å². The molecule has 4 N–H and O–H groups in total. The summed E-state index contributed by atoms with van der Waals surface area (Å²) in [6.45, 7) is 6.33. The number of benzene rings is 1. The van der Waals surface area contributed by atoms with E-state index < -0.39 is 12.0 Å². The number of carbonyl (C=O) groups is 1. The van der Waals surface area contributed by atoms with E-state index in [4.69, 9.17) is 15.5 Å². The van der Waals surface area contributed by atoms with Crippen molar-refractivity contribution in [3.63, 3.8) is 0 Å². The van der Waals surface area contributed by atoms with Gasteiger partial charge in [-0.15, -0.1) is 11.8 Å². The maximum absolute atomic E-state index is 12.4. The average molecular weight is 557 g/mol. The van der Waals surface area contributed by atoms with Crippen molar-refractivity contribution < 1.29 is 9.53 Å². The molecular formula is C26H32N6O2S3. The third kappa shape index (κ3) is 6.22. The highest BCUT2D eigenvalue weighted by Gasteiger charge is 2.26. The van der Waals surface area contributed by atoms with Crippen LogP contribution in [0, 0.1) is 0 Å². The number of nitrogens with zero attached hydrogens (tertiary/aromatic N) is 3. The van der Waals surface area contributed by atoms with E-state index in [0.29, 0.717) is 16.6 Å². The number of aromatic amines is 1. The standard InChI is InChI=1S/C26H32N6O2S3/c1-3-36-22-12-16(4-5-29-22)24(25(27)33)34-18-10-17-11-21(31-23(17)20(13-18)28-2)26-30-14-19(37-26)15-32-6-8-35-9-7-32/h4-5,10-13,19,24,28,31H,3,6-9,14-15H2,1-2H3,(H2,27,33). The fourth-order valence-corrected chi connectivity index (χ4v) is 7.34. The van der Waals surface area contributed by atoms with Crippen molar-refractivity contribution in [2.24, 2.45) is 10.7 Å². The monoisotopic (exact) mass is 556 g/mol. The van der Waals surface area contributed by atoms with Crippen LogP contribution in [0.3, 0.4) is 0 Å². The number of primary amides is 1. The molecule has 0 saturated carbocycles. The summed E-state index contributed by atoms with van der Waals surface area (Å²) in [6, 6.07) is 9.58. The van der Waals surface area contributed by atoms with Gasteiger partial charge in [-0.1, -0.05) is 18.7 Å². The minimum absolute atomic E-state index is 0.486. The highest BCUT2D eigenvalue weighted by atomic mass is 32.2. The number of carbonyl (C=O) groups excluding carboxylic acids is 1. The van der Waals surface area contributed by atoms with Crippen LogP contribution >= 0.6 is 35.3 Å². The molecule has 0 bridgehead atoms. The number of hydrogen-bond donors (Lipinski definition) is 3. The van der Waals surface area contributed by atoms with Gasteiger partial charge < -0.3 is 25.7 Å². The number of H-pyrrole nitrogens is 1. The van der Waals surface area contributed by atoms with Gasteiger partial charge in [-0.05, 0) is 30.0 Å². The fraction of sp³-hybridized carbons (Fsp3) is 0.423. The van der Waals surface area contributed by atoms with Crippen LogP contribution in [-0.2, 0) is 4.79 Å². The summed E-state index contributed by atoms with van der Waals surface area (Å²) < 4.78 is 6.17. The van der Waals surface area contributed by atoms with Gasteiger partial charge >= 0.3 is 0 Å². The van der Waals surface area contributed by atoms with Crippen LogP contribution in [0.4, 0.5) is 5.69 Å². The van der Waals surface area contributed by atoms with Crippen LogP contribution in [0.25, 0.3) is 10.9 Å². The number of ether oxygens (including phenoxy) is 1. The number of amides is 1. The minimum atomic E-state index is -0.913. The number of aromatic nitrogens is 2. The zero-order valence-corrected chi connectivity index (χ0v) is 23.5. The third-order valence-electron chi connectivity index (χ3n) is 6.35. The summed E-state index contributed by atoms with van der Waals surface area (Å²) in [7, 11) is 1.87. The van der Waals surface area contributed by atoms with Crippen molar-refractivity contribution in [1.82, 2.24) is 14.9 Å². The first-order valence-electron chi connectivity index (χ1n) is 12.4. The summed E-state index contributed by atoms with van der Waals surface area (Å²) in [4.78, 5) is 27.7. The lowest BCUT2D eigenvalue weighted by Crippen LogP contribution is -2.37. The number of nitrogens with one attached hydrogen (secondary N) is 2. The van der Waals surface area contributed by atoms with Gasteiger partial charge in [0.2, 0.25) is 6.10 Å². The maximum atomic E-state index is 12.4. The smallest absolute Gasteiger partial charge is 0.263 e. The van der Waals surface area contributed by atoms with Crippen molar-refractivity contribution in [2.75, 3.05) is 55.8 Å². The van der Waals surface area contributed by atoms with E-state index >= 15 is 0 Å². The van der Waals surface area contributed by atoms with E-state index in [1.54, 1.807) is 24.0 Å². The van der Waals surface area contributed by atoms with E-state index in [2.05, 4.69) is 33.2 Å². The Morgan fingerprint density at radius 3 is 2.92 bits per heavy atom. The van der Waals surface area contributed by atoms with Gasteiger partial charge in [-0.2, -0.15) is 11.8 Å². The Morgan fingerprint density at radius 1 is 1.32 bits per heavy atom. The van der Waals surface area contributed by atoms with Crippen LogP contribution in [-0.4, -0.2) is 81.6 Å². The van der Waals surface area contributed by atoms with Gasteiger partial charge in [-0.3, -0.25) is 9.79 Å². The normalized spacial score (nSPS) is 19.1. The number of hydrogen-bond acceptors (Lipinski definition) is 9. The molecule has 11 heteroatoms. The first kappa shape index (κ1) is 26.3. The topological polar surface area (TPSA) is 109 Å². The summed E-state index contributed by atoms with van der Waals surface area (Å²) >= 11 is 5.50. The highest BCUT2D eigenvalue weighted by molar-refractivity contribution is 8.15. The van der Waals surface area contributed by atoms with Crippen molar-refractivity contribution in [3.8, 4) is 5.75 Å². The zero-order chi connectivity index (χ0) is 25.8. The molecule has 1 aromatic carbocycles. The molecule has 2 aromatic heterocycles. The van der Waals surface area contributed by atoms with E-state index in [9.17, 15) is 4.79 Å². The second-order valence-electron chi connectivity index (χ2n) is 8.93. The lowest BCUT2D eigenvalue weighted by atomic mass is 10.1. The average Bonchev–Trinajstić information content (AvgIpc) is 3.54. The minimum Gasteiger partial charge on any atom is -0.476 e. The molecule has 0 spiro atoms. The molecule has 2 atom stereocenters. The first-order chi connectivity index (χ1) is 18.0. The molecule has 2 aliphatic heterocycles. The fourth-order valence-electron chi connectivity index (χ4n) is 4.57. The number of anilines is 1. The Balaban J connectivity index is 1.35. The molecule has 0 radical (unpaired) electrons. The molecule has 1 saturated heterocycles. The van der Waals surface area contributed by atoms with Crippen molar-refractivity contribution in [1.29, 1.82) is 0 Å². The lowest BCUT2D eigenvalue weighted by molar-refractivity contribution is -0.125. The summed E-state index contributed by atoms with van der Waals surface area (Å²) in [5, 5.41) is 6.60. The van der Waals surface area contributed by atoms with Gasteiger partial charge in [0, 0.05) is 66.7 Å². The Bertz CT molecular complexity index is 1290. The van der Waals surface area contributed by atoms with E-state index in [-0.39, 0.29) is 0 Å². The number of nitrogens with two attached hydrogens (primary N) is 1. The Morgan fingerprint density at radius 2 is 2.16 bits per heavy atom.